The third-order valence-corrected chi connectivity index (χ3v) is 6.20. The van der Waals surface area contributed by atoms with Crippen LogP contribution in [0.25, 0.3) is 5.03 Å². The van der Waals surface area contributed by atoms with Crippen LogP contribution in [0.1, 0.15) is 24.3 Å². The van der Waals surface area contributed by atoms with Gasteiger partial charge in [-0.15, -0.1) is 0 Å². The van der Waals surface area contributed by atoms with E-state index in [9.17, 15) is 13.8 Å². The molecule has 146 valence electrons. The van der Waals surface area contributed by atoms with E-state index in [4.69, 9.17) is 0 Å². The topological polar surface area (TPSA) is 87.5 Å². The number of hydrogen-bond acceptors (Lipinski definition) is 4. The van der Waals surface area contributed by atoms with Gasteiger partial charge in [0.05, 0.1) is 6.20 Å². The zero-order chi connectivity index (χ0) is 19.7. The molecule has 9 heteroatoms. The molecule has 28 heavy (non-hydrogen) atoms. The van der Waals surface area contributed by atoms with Crippen molar-refractivity contribution in [3.05, 3.63) is 54.4 Å². The SMILES string of the molecule is CN(C(=O)N1CCC(c2cnn(C3=CC(=O)NS3=O)c2)CC1)c1ccccc1. The van der Waals surface area contributed by atoms with Gasteiger partial charge in [-0.3, -0.25) is 14.4 Å². The number of carbonyl (C=O) groups is 2. The lowest BCUT2D eigenvalue weighted by Gasteiger charge is -2.34. The molecule has 1 saturated heterocycles. The Morgan fingerprint density at radius 3 is 2.61 bits per heavy atom. The highest BCUT2D eigenvalue weighted by atomic mass is 32.2. The van der Waals surface area contributed by atoms with Crippen molar-refractivity contribution in [1.82, 2.24) is 19.4 Å². The number of piperidine rings is 1. The molecule has 2 aliphatic rings. The van der Waals surface area contributed by atoms with Gasteiger partial charge >= 0.3 is 6.03 Å². The first kappa shape index (κ1) is 18.4. The molecule has 1 aromatic carbocycles. The highest BCUT2D eigenvalue weighted by molar-refractivity contribution is 7.93. The van der Waals surface area contributed by atoms with Crippen molar-refractivity contribution in [3.63, 3.8) is 0 Å². The van der Waals surface area contributed by atoms with E-state index in [0.29, 0.717) is 18.1 Å². The maximum atomic E-state index is 12.7. The fourth-order valence-corrected chi connectivity index (χ4v) is 4.37. The number of carbonyl (C=O) groups excluding carboxylic acids is 2. The van der Waals surface area contributed by atoms with Gasteiger partial charge in [-0.05, 0) is 36.5 Å². The van der Waals surface area contributed by atoms with E-state index >= 15 is 0 Å². The van der Waals surface area contributed by atoms with Crippen molar-refractivity contribution in [2.24, 2.45) is 0 Å². The Morgan fingerprint density at radius 2 is 1.96 bits per heavy atom. The van der Waals surface area contributed by atoms with E-state index in [2.05, 4.69) is 9.82 Å². The van der Waals surface area contributed by atoms with Crippen molar-refractivity contribution < 1.29 is 13.8 Å². The fraction of sp³-hybridized carbons (Fsp3) is 0.316. The van der Waals surface area contributed by atoms with Crippen LogP contribution in [0.15, 0.2) is 48.8 Å². The number of likely N-dealkylation sites (tertiary alicyclic amines) is 1. The molecule has 1 atom stereocenters. The fourth-order valence-electron chi connectivity index (χ4n) is 3.54. The number of nitrogens with zero attached hydrogens (tertiary/aromatic N) is 4. The first-order valence-corrected chi connectivity index (χ1v) is 10.2. The van der Waals surface area contributed by atoms with Crippen LogP contribution in [-0.2, 0) is 15.8 Å². The summed E-state index contributed by atoms with van der Waals surface area (Å²) in [6.45, 7) is 1.33. The molecule has 0 bridgehead atoms. The Labute approximate surface area is 165 Å². The Hall–Kier alpha value is -2.94. The molecule has 4 rings (SSSR count). The Kier molecular flexibility index (Phi) is 4.99. The second-order valence-corrected chi connectivity index (χ2v) is 8.03. The summed E-state index contributed by atoms with van der Waals surface area (Å²) in [6.07, 6.45) is 6.54. The van der Waals surface area contributed by atoms with Crippen LogP contribution in [0.5, 0.6) is 0 Å². The molecule has 2 aromatic rings. The zero-order valence-electron chi connectivity index (χ0n) is 15.4. The number of hydrogen-bond donors (Lipinski definition) is 1. The molecule has 2 aliphatic heterocycles. The van der Waals surface area contributed by atoms with E-state index < -0.39 is 11.0 Å². The van der Waals surface area contributed by atoms with E-state index in [0.717, 1.165) is 24.1 Å². The summed E-state index contributed by atoms with van der Waals surface area (Å²) in [6, 6.07) is 9.59. The number of benzene rings is 1. The summed E-state index contributed by atoms with van der Waals surface area (Å²) in [7, 11) is 0.225. The molecule has 1 N–H and O–H groups in total. The monoisotopic (exact) mass is 399 g/mol. The molecule has 3 heterocycles. The maximum Gasteiger partial charge on any atom is 0.324 e. The minimum absolute atomic E-state index is 0.00330. The van der Waals surface area contributed by atoms with Crippen molar-refractivity contribution in [2.75, 3.05) is 25.0 Å². The predicted molar refractivity (Wildman–Crippen MR) is 107 cm³/mol. The van der Waals surface area contributed by atoms with Gasteiger partial charge in [0.15, 0.2) is 16.0 Å². The molecule has 0 saturated carbocycles. The normalized spacial score (nSPS) is 20.0. The van der Waals surface area contributed by atoms with Crippen molar-refractivity contribution in [2.45, 2.75) is 18.8 Å². The lowest BCUT2D eigenvalue weighted by atomic mass is 9.92. The van der Waals surface area contributed by atoms with Gasteiger partial charge in [0.25, 0.3) is 5.91 Å². The second-order valence-electron chi connectivity index (χ2n) is 6.87. The van der Waals surface area contributed by atoms with Crippen LogP contribution < -0.4 is 9.62 Å². The van der Waals surface area contributed by atoms with E-state index in [1.54, 1.807) is 18.1 Å². The predicted octanol–water partition coefficient (Wildman–Crippen LogP) is 1.91. The lowest BCUT2D eigenvalue weighted by molar-refractivity contribution is -0.114. The number of anilines is 1. The summed E-state index contributed by atoms with van der Waals surface area (Å²) >= 11 is 0. The zero-order valence-corrected chi connectivity index (χ0v) is 16.3. The van der Waals surface area contributed by atoms with E-state index in [1.165, 1.54) is 10.8 Å². The Balaban J connectivity index is 1.38. The van der Waals surface area contributed by atoms with Gasteiger partial charge in [-0.25, -0.2) is 13.7 Å². The van der Waals surface area contributed by atoms with Gasteiger partial charge in [0.1, 0.15) is 0 Å². The third-order valence-electron chi connectivity index (χ3n) is 5.13. The first-order chi connectivity index (χ1) is 13.5. The van der Waals surface area contributed by atoms with Gasteiger partial charge in [-0.2, -0.15) is 5.10 Å². The van der Waals surface area contributed by atoms with E-state index in [1.807, 2.05) is 41.4 Å². The first-order valence-electron chi connectivity index (χ1n) is 9.09. The highest BCUT2D eigenvalue weighted by Gasteiger charge is 2.28. The molecule has 0 radical (unpaired) electrons. The van der Waals surface area contributed by atoms with Crippen LogP contribution in [0.4, 0.5) is 10.5 Å². The minimum atomic E-state index is -1.57. The number of nitrogens with one attached hydrogen (secondary N) is 1. The van der Waals surface area contributed by atoms with Gasteiger partial charge in [0.2, 0.25) is 0 Å². The Morgan fingerprint density at radius 1 is 1.25 bits per heavy atom. The largest absolute Gasteiger partial charge is 0.324 e. The molecule has 1 fully saturated rings. The van der Waals surface area contributed by atoms with Crippen molar-refractivity contribution in [1.29, 1.82) is 0 Å². The summed E-state index contributed by atoms with van der Waals surface area (Å²) < 4.78 is 15.7. The number of rotatable bonds is 3. The average Bonchev–Trinajstić information content (AvgIpc) is 3.33. The minimum Gasteiger partial charge on any atom is -0.324 e. The second kappa shape index (κ2) is 7.59. The van der Waals surface area contributed by atoms with Crippen LogP contribution in [0.3, 0.4) is 0 Å². The van der Waals surface area contributed by atoms with Crippen LogP contribution in [0, 0.1) is 0 Å². The number of aromatic nitrogens is 2. The molecule has 8 nitrogen and oxygen atoms in total. The van der Waals surface area contributed by atoms with Crippen LogP contribution in [-0.4, -0.2) is 51.0 Å². The third kappa shape index (κ3) is 3.57. The maximum absolute atomic E-state index is 12.7. The molecular weight excluding hydrogens is 378 g/mol. The number of amides is 3. The van der Waals surface area contributed by atoms with Crippen LogP contribution in [0.2, 0.25) is 0 Å². The van der Waals surface area contributed by atoms with Gasteiger partial charge < -0.3 is 4.90 Å². The summed E-state index contributed by atoms with van der Waals surface area (Å²) in [5.74, 6) is -0.0985. The van der Waals surface area contributed by atoms with Crippen molar-refractivity contribution in [3.8, 4) is 0 Å². The van der Waals surface area contributed by atoms with Gasteiger partial charge in [-0.1, -0.05) is 18.2 Å². The summed E-state index contributed by atoms with van der Waals surface area (Å²) in [5, 5.41) is 4.60. The van der Waals surface area contributed by atoms with Crippen molar-refractivity contribution >= 4 is 33.6 Å². The van der Waals surface area contributed by atoms with Gasteiger partial charge in [0, 0.05) is 38.1 Å². The molecule has 3 amide bonds. The van der Waals surface area contributed by atoms with Crippen LogP contribution >= 0.6 is 0 Å². The summed E-state index contributed by atoms with van der Waals surface area (Å²) in [4.78, 5) is 27.6. The smallest absolute Gasteiger partial charge is 0.324 e. The van der Waals surface area contributed by atoms with E-state index in [-0.39, 0.29) is 17.9 Å². The quantitative estimate of drug-likeness (QED) is 0.854. The molecular formula is C19H21N5O3S. The standard InChI is InChI=1S/C19H21N5O3S/c1-22(16-5-3-2-4-6-16)19(26)23-9-7-14(8-10-23)15-12-20-24(13-15)18-11-17(25)21-28(18)27/h2-6,11-14H,7-10H2,1H3,(H,21,25). The number of para-hydroxylation sites is 1. The molecule has 1 aromatic heterocycles. The lowest BCUT2D eigenvalue weighted by Crippen LogP contribution is -2.45. The number of urea groups is 1. The molecule has 0 spiro atoms. The highest BCUT2D eigenvalue weighted by Crippen LogP contribution is 2.29. The Bertz CT molecular complexity index is 947. The molecule has 1 unspecified atom stereocenters. The molecule has 0 aliphatic carbocycles. The average molecular weight is 399 g/mol. The summed E-state index contributed by atoms with van der Waals surface area (Å²) in [5.41, 5.74) is 1.90.